The number of carbonyl (C=O) groups excluding carboxylic acids is 9. The fourth-order valence-electron chi connectivity index (χ4n) is 6.19. The third-order valence-electron chi connectivity index (χ3n) is 9.82. The van der Waals surface area contributed by atoms with Crippen molar-refractivity contribution in [2.45, 2.75) is 133 Å². The fraction of sp³-hybridized carbons (Fsp3) is 0.625. The summed E-state index contributed by atoms with van der Waals surface area (Å²) in [6, 6.07) is -13.0. The van der Waals surface area contributed by atoms with E-state index in [0.29, 0.717) is 0 Å². The number of hydrogen-bond acceptors (Lipinski definition) is 16. The maximum absolute atomic E-state index is 14.0. The molecule has 0 aromatic rings. The van der Waals surface area contributed by atoms with Gasteiger partial charge in [-0.3, -0.25) is 72.3 Å². The minimum absolute atomic E-state index is 0.0265. The van der Waals surface area contributed by atoms with Crippen LogP contribution in [-0.2, 0) is 62.3 Å². The molecule has 22 N–H and O–H groups in total. The lowest BCUT2D eigenvalue weighted by molar-refractivity contribution is -0.142. The van der Waals surface area contributed by atoms with Crippen molar-refractivity contribution in [1.82, 2.24) is 42.5 Å². The highest BCUT2D eigenvalue weighted by molar-refractivity contribution is 7.98. The summed E-state index contributed by atoms with van der Waals surface area (Å²) in [5.41, 5.74) is 26.8. The van der Waals surface area contributed by atoms with Gasteiger partial charge in [0.1, 0.15) is 48.3 Å². The summed E-state index contributed by atoms with van der Waals surface area (Å²) in [7, 11) is 0. The first-order valence-electron chi connectivity index (χ1n) is 22.2. The Hall–Kier alpha value is -8.00. The first kappa shape index (κ1) is 65.0. The van der Waals surface area contributed by atoms with Gasteiger partial charge in [0, 0.05) is 32.9 Å². The average molecular weight is 1060 g/mol. The molecule has 0 aliphatic rings. The van der Waals surface area contributed by atoms with Gasteiger partial charge in [0.05, 0.1) is 12.8 Å². The number of aliphatic imine (C=N–C) groups is 2. The van der Waals surface area contributed by atoms with Crippen molar-refractivity contribution in [3.63, 3.8) is 0 Å². The van der Waals surface area contributed by atoms with Crippen LogP contribution in [0.4, 0.5) is 0 Å². The molecule has 0 aliphatic heterocycles. The van der Waals surface area contributed by atoms with Crippen molar-refractivity contribution in [1.29, 1.82) is 0 Å². The lowest BCUT2D eigenvalue weighted by atomic mass is 10.0. The molecule has 0 fully saturated rings. The minimum Gasteiger partial charge on any atom is -0.481 e. The SMILES string of the molecule is CSCC[C@H](NC(=O)[C@H](CCC(=O)O)NC(=O)[C@H](CCC(=O)O)NC(C)=O)C(=O)N[C@@H](CC(=O)O)C(=O)N[C@@H](CCCN=C(N)N)C(=O)N[C@@H](CCCN=C(N)N)C(=O)N[C@@H](C)C(=O)N[C@@H](CC(=O)O)C(N)=O. The van der Waals surface area contributed by atoms with Crippen LogP contribution in [0.2, 0.25) is 0 Å². The summed E-state index contributed by atoms with van der Waals surface area (Å²) >= 11 is 1.20. The topological polar surface area (TPSA) is 554 Å². The van der Waals surface area contributed by atoms with Crippen LogP contribution in [0.1, 0.15) is 84.5 Å². The van der Waals surface area contributed by atoms with Crippen molar-refractivity contribution in [3.8, 4) is 0 Å². The summed E-state index contributed by atoms with van der Waals surface area (Å²) in [4.78, 5) is 172. The quantitative estimate of drug-likeness (QED) is 0.0156. The van der Waals surface area contributed by atoms with E-state index in [0.717, 1.165) is 6.92 Å². The normalized spacial score (nSPS) is 13.9. The number of carboxylic acid groups (broad SMARTS) is 4. The molecular weight excluding hydrogens is 995 g/mol. The Morgan fingerprint density at radius 3 is 1.12 bits per heavy atom. The summed E-state index contributed by atoms with van der Waals surface area (Å²) in [5.74, 6) is -16.0. The molecule has 0 radical (unpaired) electrons. The number of hydrogen-bond donors (Lipinski definition) is 17. The Morgan fingerprint density at radius 2 is 0.767 bits per heavy atom. The number of primary amides is 1. The molecule has 0 bridgehead atoms. The van der Waals surface area contributed by atoms with Gasteiger partial charge in [-0.05, 0) is 63.9 Å². The van der Waals surface area contributed by atoms with Crippen LogP contribution in [0.3, 0.4) is 0 Å². The third kappa shape index (κ3) is 29.1. The number of carbonyl (C=O) groups is 13. The van der Waals surface area contributed by atoms with Gasteiger partial charge in [-0.25, -0.2) is 0 Å². The van der Waals surface area contributed by atoms with Crippen LogP contribution in [0.5, 0.6) is 0 Å². The molecule has 0 aromatic heterocycles. The maximum Gasteiger partial charge on any atom is 0.305 e. The smallest absolute Gasteiger partial charge is 0.305 e. The number of amides is 9. The minimum atomic E-state index is -1.98. The van der Waals surface area contributed by atoms with Gasteiger partial charge in [-0.1, -0.05) is 0 Å². The summed E-state index contributed by atoms with van der Waals surface area (Å²) in [6.07, 6.45) is -3.34. The van der Waals surface area contributed by atoms with E-state index in [9.17, 15) is 72.5 Å². The summed E-state index contributed by atoms with van der Waals surface area (Å²) < 4.78 is 0. The molecule has 0 aromatic carbocycles. The van der Waals surface area contributed by atoms with Crippen molar-refractivity contribution in [2.24, 2.45) is 38.7 Å². The van der Waals surface area contributed by atoms with Crippen molar-refractivity contribution < 1.29 is 82.8 Å². The predicted octanol–water partition coefficient (Wildman–Crippen LogP) is -7.07. The van der Waals surface area contributed by atoms with Gasteiger partial charge in [0.2, 0.25) is 53.2 Å². The molecule has 73 heavy (non-hydrogen) atoms. The molecule has 410 valence electrons. The van der Waals surface area contributed by atoms with Crippen LogP contribution in [-0.4, -0.2) is 183 Å². The number of guanidine groups is 2. The highest BCUT2D eigenvalue weighted by Gasteiger charge is 2.35. The number of nitrogens with zero attached hydrogens (tertiary/aromatic N) is 2. The predicted molar refractivity (Wildman–Crippen MR) is 257 cm³/mol. The fourth-order valence-corrected chi connectivity index (χ4v) is 6.66. The molecule has 0 saturated carbocycles. The second-order valence-electron chi connectivity index (χ2n) is 16.0. The van der Waals surface area contributed by atoms with E-state index in [4.69, 9.17) is 38.9 Å². The van der Waals surface area contributed by atoms with Crippen LogP contribution in [0, 0.1) is 0 Å². The first-order valence-corrected chi connectivity index (χ1v) is 23.6. The molecule has 0 aliphatic carbocycles. The first-order chi connectivity index (χ1) is 34.1. The van der Waals surface area contributed by atoms with E-state index in [1.165, 1.54) is 18.7 Å². The molecule has 0 saturated heterocycles. The lowest BCUT2D eigenvalue weighted by Gasteiger charge is -2.27. The van der Waals surface area contributed by atoms with E-state index < -0.39 is 164 Å². The Kier molecular flexibility index (Phi) is 30.6. The Balaban J connectivity index is 6.84. The van der Waals surface area contributed by atoms with Crippen molar-refractivity contribution in [3.05, 3.63) is 0 Å². The molecule has 0 rings (SSSR count). The Bertz CT molecular complexity index is 2050. The van der Waals surface area contributed by atoms with E-state index in [2.05, 4.69) is 52.5 Å². The van der Waals surface area contributed by atoms with Gasteiger partial charge in [0.15, 0.2) is 11.9 Å². The van der Waals surface area contributed by atoms with Gasteiger partial charge in [-0.15, -0.1) is 0 Å². The summed E-state index contributed by atoms with van der Waals surface area (Å²) in [5, 5.41) is 55.6. The molecular formula is C40H67N15O17S. The number of nitrogens with two attached hydrogens (primary N) is 5. The number of rotatable bonds is 37. The van der Waals surface area contributed by atoms with Crippen LogP contribution in [0.15, 0.2) is 9.98 Å². The van der Waals surface area contributed by atoms with Crippen LogP contribution in [0.25, 0.3) is 0 Å². The monoisotopic (exact) mass is 1060 g/mol. The molecule has 0 spiro atoms. The number of carboxylic acids is 4. The zero-order valence-corrected chi connectivity index (χ0v) is 41.1. The standard InChI is InChI=1S/C40H67N15O17S/c1-18(32(66)54-25(31(41)65)16-29(61)62)48-33(67)20(6-4-13-46-39(42)43)50-34(68)21(7-5-14-47-40(44)45)51-38(72)26(17-30(63)64)55-37(71)24(12-15-73-3)53-36(70)23(9-11-28(59)60)52-35(69)22(49-19(2)56)8-10-27(57)58/h18,20-26H,4-17H2,1-3H3,(H2,41,65)(H,48,67)(H,49,56)(H,50,68)(H,51,72)(H,52,69)(H,53,70)(H,54,66)(H,55,71)(H,57,58)(H,59,60)(H,61,62)(H,63,64)(H4,42,43,46)(H4,44,45,47)/t18-,20-,21-,22-,23-,24-,25-,26-/m0/s1. The van der Waals surface area contributed by atoms with Crippen LogP contribution >= 0.6 is 11.8 Å². The highest BCUT2D eigenvalue weighted by atomic mass is 32.2. The lowest BCUT2D eigenvalue weighted by Crippen LogP contribution is -2.60. The Labute approximate surface area is 421 Å². The largest absolute Gasteiger partial charge is 0.481 e. The second kappa shape index (κ2) is 34.3. The number of thioether (sulfide) groups is 1. The van der Waals surface area contributed by atoms with Gasteiger partial charge < -0.3 is 91.6 Å². The summed E-state index contributed by atoms with van der Waals surface area (Å²) in [6.45, 7) is 2.03. The number of nitrogens with one attached hydrogen (secondary N) is 8. The number of aliphatic carboxylic acids is 4. The van der Waals surface area contributed by atoms with Gasteiger partial charge in [0.25, 0.3) is 0 Å². The van der Waals surface area contributed by atoms with Gasteiger partial charge >= 0.3 is 23.9 Å². The maximum atomic E-state index is 14.0. The van der Waals surface area contributed by atoms with Crippen molar-refractivity contribution >= 4 is 101 Å². The average Bonchev–Trinajstić information content (AvgIpc) is 3.28. The molecule has 32 nitrogen and oxygen atoms in total. The van der Waals surface area contributed by atoms with E-state index in [1.54, 1.807) is 6.26 Å². The zero-order chi connectivity index (χ0) is 56.0. The molecule has 9 amide bonds. The van der Waals surface area contributed by atoms with Gasteiger partial charge in [-0.2, -0.15) is 11.8 Å². The van der Waals surface area contributed by atoms with Crippen molar-refractivity contribution in [2.75, 3.05) is 25.1 Å². The van der Waals surface area contributed by atoms with Crippen LogP contribution < -0.4 is 71.2 Å². The zero-order valence-electron chi connectivity index (χ0n) is 40.3. The molecule has 0 heterocycles. The molecule has 0 unspecified atom stereocenters. The molecule has 33 heteroatoms. The second-order valence-corrected chi connectivity index (χ2v) is 17.0. The van der Waals surface area contributed by atoms with E-state index in [-0.39, 0.29) is 62.9 Å². The molecule has 8 atom stereocenters. The van der Waals surface area contributed by atoms with E-state index >= 15 is 0 Å². The Morgan fingerprint density at radius 1 is 0.438 bits per heavy atom. The third-order valence-corrected chi connectivity index (χ3v) is 10.5. The highest BCUT2D eigenvalue weighted by Crippen LogP contribution is 2.10. The van der Waals surface area contributed by atoms with E-state index in [1.807, 2.05) is 0 Å².